The summed E-state index contributed by atoms with van der Waals surface area (Å²) in [6.07, 6.45) is 0.701. The molecule has 0 spiro atoms. The van der Waals surface area contributed by atoms with E-state index in [1.54, 1.807) is 0 Å². The minimum absolute atomic E-state index is 0.00373. The van der Waals surface area contributed by atoms with Crippen molar-refractivity contribution in [1.82, 2.24) is 5.32 Å². The highest BCUT2D eigenvalue weighted by Crippen LogP contribution is 2.28. The van der Waals surface area contributed by atoms with Crippen LogP contribution in [0, 0.1) is 5.41 Å². The second-order valence-electron chi connectivity index (χ2n) is 6.52. The Balaban J connectivity index is 2.70. The van der Waals surface area contributed by atoms with Gasteiger partial charge in [-0.25, -0.2) is 0 Å². The summed E-state index contributed by atoms with van der Waals surface area (Å²) in [6.45, 7) is 9.44. The van der Waals surface area contributed by atoms with E-state index in [4.69, 9.17) is 17.3 Å². The number of carbonyl (C=O) groups is 1. The lowest BCUT2D eigenvalue weighted by Gasteiger charge is -2.37. The largest absolute Gasteiger partial charge is 0.353 e. The number of nitrogens with two attached hydrogens (primary N) is 1. The number of hydrogen-bond donors (Lipinski definition) is 2. The van der Waals surface area contributed by atoms with Crippen LogP contribution in [0.1, 0.15) is 40.2 Å². The molecular formula is C16H25ClN2O. The van der Waals surface area contributed by atoms with E-state index in [1.165, 1.54) is 0 Å². The molecule has 20 heavy (non-hydrogen) atoms. The maximum absolute atomic E-state index is 12.4. The average molecular weight is 297 g/mol. The first-order chi connectivity index (χ1) is 9.05. The molecule has 1 amide bonds. The molecule has 0 aromatic heterocycles. The summed E-state index contributed by atoms with van der Waals surface area (Å²) in [5, 5.41) is 3.75. The van der Waals surface area contributed by atoms with E-state index in [0.29, 0.717) is 6.42 Å². The summed E-state index contributed by atoms with van der Waals surface area (Å²) in [7, 11) is 0. The molecule has 112 valence electrons. The van der Waals surface area contributed by atoms with Crippen molar-refractivity contribution >= 4 is 17.5 Å². The SMILES string of the molecule is CC(Cc1ccccc1Cl)NC(=O)C(C)(C)C(C)(C)N. The fourth-order valence-electron chi connectivity index (χ4n) is 1.74. The predicted octanol–water partition coefficient (Wildman–Crippen LogP) is 3.15. The van der Waals surface area contributed by atoms with Crippen molar-refractivity contribution in [2.75, 3.05) is 0 Å². The number of nitrogens with one attached hydrogen (secondary N) is 1. The van der Waals surface area contributed by atoms with Gasteiger partial charge < -0.3 is 11.1 Å². The Morgan fingerprint density at radius 2 is 1.85 bits per heavy atom. The van der Waals surface area contributed by atoms with E-state index < -0.39 is 11.0 Å². The van der Waals surface area contributed by atoms with Crippen LogP contribution in [-0.2, 0) is 11.2 Å². The lowest BCUT2D eigenvalue weighted by atomic mass is 9.74. The third-order valence-corrected chi connectivity index (χ3v) is 4.41. The number of benzene rings is 1. The van der Waals surface area contributed by atoms with Gasteiger partial charge in [-0.1, -0.05) is 29.8 Å². The van der Waals surface area contributed by atoms with E-state index in [0.717, 1.165) is 10.6 Å². The van der Waals surface area contributed by atoms with Gasteiger partial charge in [-0.3, -0.25) is 4.79 Å². The minimum Gasteiger partial charge on any atom is -0.353 e. The number of rotatable bonds is 5. The fraction of sp³-hybridized carbons (Fsp3) is 0.562. The molecule has 3 nitrogen and oxygen atoms in total. The van der Waals surface area contributed by atoms with Crippen LogP contribution in [-0.4, -0.2) is 17.5 Å². The van der Waals surface area contributed by atoms with Crippen molar-refractivity contribution in [1.29, 1.82) is 0 Å². The molecule has 1 atom stereocenters. The summed E-state index contributed by atoms with van der Waals surface area (Å²) < 4.78 is 0. The minimum atomic E-state index is -0.637. The number of amides is 1. The maximum atomic E-state index is 12.4. The zero-order valence-electron chi connectivity index (χ0n) is 13.0. The lowest BCUT2D eigenvalue weighted by Crippen LogP contribution is -2.57. The van der Waals surface area contributed by atoms with Gasteiger partial charge in [0.2, 0.25) is 5.91 Å². The zero-order valence-corrected chi connectivity index (χ0v) is 13.7. The number of halogens is 1. The molecule has 0 aliphatic carbocycles. The van der Waals surface area contributed by atoms with E-state index >= 15 is 0 Å². The molecule has 0 aliphatic heterocycles. The van der Waals surface area contributed by atoms with Crippen LogP contribution in [0.3, 0.4) is 0 Å². The highest BCUT2D eigenvalue weighted by atomic mass is 35.5. The van der Waals surface area contributed by atoms with Crippen LogP contribution in [0.4, 0.5) is 0 Å². The summed E-state index contributed by atoms with van der Waals surface area (Å²) in [5.74, 6) is -0.0375. The van der Waals surface area contributed by atoms with Crippen molar-refractivity contribution in [2.24, 2.45) is 11.1 Å². The molecule has 1 unspecified atom stereocenters. The van der Waals surface area contributed by atoms with Gasteiger partial charge in [0.1, 0.15) is 0 Å². The molecule has 0 fully saturated rings. The maximum Gasteiger partial charge on any atom is 0.227 e. The van der Waals surface area contributed by atoms with Crippen LogP contribution >= 0.6 is 11.6 Å². The Bertz CT molecular complexity index is 478. The molecule has 4 heteroatoms. The van der Waals surface area contributed by atoms with E-state index in [9.17, 15) is 4.79 Å². The van der Waals surface area contributed by atoms with Gasteiger partial charge >= 0.3 is 0 Å². The Labute approximate surface area is 126 Å². The Morgan fingerprint density at radius 1 is 1.30 bits per heavy atom. The first-order valence-corrected chi connectivity index (χ1v) is 7.26. The van der Waals surface area contributed by atoms with Crippen molar-refractivity contribution in [3.8, 4) is 0 Å². The van der Waals surface area contributed by atoms with Gasteiger partial charge in [-0.05, 0) is 52.7 Å². The van der Waals surface area contributed by atoms with Crippen LogP contribution in [0.5, 0.6) is 0 Å². The highest BCUT2D eigenvalue weighted by molar-refractivity contribution is 6.31. The standard InChI is InChI=1S/C16H25ClN2O/c1-11(10-12-8-6-7-9-13(12)17)19-14(20)15(2,3)16(4,5)18/h6-9,11H,10,18H2,1-5H3,(H,19,20). The Morgan fingerprint density at radius 3 is 2.35 bits per heavy atom. The monoisotopic (exact) mass is 296 g/mol. The van der Waals surface area contributed by atoms with Crippen LogP contribution in [0.25, 0.3) is 0 Å². The predicted molar refractivity (Wildman–Crippen MR) is 84.8 cm³/mol. The third kappa shape index (κ3) is 3.97. The number of hydrogen-bond acceptors (Lipinski definition) is 2. The molecule has 0 heterocycles. The summed E-state index contributed by atoms with van der Waals surface area (Å²) in [5.41, 5.74) is 5.90. The van der Waals surface area contributed by atoms with Crippen molar-refractivity contribution < 1.29 is 4.79 Å². The first-order valence-electron chi connectivity index (χ1n) is 6.89. The van der Waals surface area contributed by atoms with Gasteiger partial charge in [0, 0.05) is 16.6 Å². The van der Waals surface area contributed by atoms with Crippen molar-refractivity contribution in [3.63, 3.8) is 0 Å². The molecule has 3 N–H and O–H groups in total. The molecule has 0 saturated carbocycles. The Kier molecular flexibility index (Phi) is 5.22. The van der Waals surface area contributed by atoms with E-state index in [1.807, 2.05) is 58.9 Å². The van der Waals surface area contributed by atoms with Gasteiger partial charge in [0.15, 0.2) is 0 Å². The van der Waals surface area contributed by atoms with Gasteiger partial charge in [-0.15, -0.1) is 0 Å². The fourth-order valence-corrected chi connectivity index (χ4v) is 1.95. The molecule has 1 rings (SSSR count). The quantitative estimate of drug-likeness (QED) is 0.877. The molecule has 0 saturated heterocycles. The second kappa shape index (κ2) is 6.15. The molecule has 1 aromatic rings. The zero-order chi connectivity index (χ0) is 15.6. The van der Waals surface area contributed by atoms with E-state index in [-0.39, 0.29) is 11.9 Å². The normalized spacial score (nSPS) is 13.9. The summed E-state index contributed by atoms with van der Waals surface area (Å²) in [4.78, 5) is 12.4. The molecule has 0 radical (unpaired) electrons. The Hall–Kier alpha value is -1.06. The topological polar surface area (TPSA) is 55.1 Å². The second-order valence-corrected chi connectivity index (χ2v) is 6.92. The lowest BCUT2D eigenvalue weighted by molar-refractivity contribution is -0.132. The van der Waals surface area contributed by atoms with Gasteiger partial charge in [0.25, 0.3) is 0 Å². The van der Waals surface area contributed by atoms with E-state index in [2.05, 4.69) is 5.32 Å². The molecule has 0 aliphatic rings. The average Bonchev–Trinajstić information content (AvgIpc) is 2.30. The molecule has 0 bridgehead atoms. The van der Waals surface area contributed by atoms with Gasteiger partial charge in [0.05, 0.1) is 5.41 Å². The van der Waals surface area contributed by atoms with Crippen molar-refractivity contribution in [2.45, 2.75) is 52.6 Å². The van der Waals surface area contributed by atoms with Crippen LogP contribution in [0.2, 0.25) is 5.02 Å². The molecular weight excluding hydrogens is 272 g/mol. The summed E-state index contributed by atoms with van der Waals surface area (Å²) >= 11 is 6.13. The molecule has 1 aromatic carbocycles. The third-order valence-electron chi connectivity index (χ3n) is 4.04. The summed E-state index contributed by atoms with van der Waals surface area (Å²) in [6, 6.07) is 7.68. The van der Waals surface area contributed by atoms with Crippen molar-refractivity contribution in [3.05, 3.63) is 34.9 Å². The number of carbonyl (C=O) groups excluding carboxylic acids is 1. The smallest absolute Gasteiger partial charge is 0.227 e. The first kappa shape index (κ1) is 17.0. The van der Waals surface area contributed by atoms with Crippen LogP contribution in [0.15, 0.2) is 24.3 Å². The van der Waals surface area contributed by atoms with Crippen LogP contribution < -0.4 is 11.1 Å². The highest BCUT2D eigenvalue weighted by Gasteiger charge is 2.40. The van der Waals surface area contributed by atoms with Gasteiger partial charge in [-0.2, -0.15) is 0 Å².